The summed E-state index contributed by atoms with van der Waals surface area (Å²) >= 11 is 5.94. The number of carbonyl (C=O) groups is 1. The lowest BCUT2D eigenvalue weighted by molar-refractivity contribution is 0.237. The Hall–Kier alpha value is -3.83. The molecule has 0 aliphatic rings. The quantitative estimate of drug-likeness (QED) is 0.365. The maximum atomic E-state index is 12.2. The summed E-state index contributed by atoms with van der Waals surface area (Å²) in [4.78, 5) is 16.6. The van der Waals surface area contributed by atoms with Gasteiger partial charge in [0.15, 0.2) is 6.10 Å². The Bertz CT molecular complexity index is 1100. The van der Waals surface area contributed by atoms with Crippen LogP contribution in [0, 0.1) is 0 Å². The molecule has 0 aliphatic carbocycles. The van der Waals surface area contributed by atoms with Crippen molar-refractivity contribution in [2.75, 3.05) is 10.6 Å². The molecule has 3 aromatic carbocycles. The first kappa shape index (κ1) is 20.4. The van der Waals surface area contributed by atoms with Crippen LogP contribution < -0.4 is 15.4 Å². The van der Waals surface area contributed by atoms with Gasteiger partial charge in [-0.25, -0.2) is 9.78 Å². The Morgan fingerprint density at radius 3 is 2.00 bits per heavy atom. The second kappa shape index (κ2) is 9.78. The van der Waals surface area contributed by atoms with E-state index >= 15 is 0 Å². The number of amides is 2. The van der Waals surface area contributed by atoms with E-state index in [1.807, 2.05) is 60.7 Å². The highest BCUT2D eigenvalue weighted by molar-refractivity contribution is 6.30. The number of ether oxygens (including phenoxy) is 1. The van der Waals surface area contributed by atoms with Gasteiger partial charge in [0.25, 0.3) is 0 Å². The third-order valence-corrected chi connectivity index (χ3v) is 4.76. The maximum Gasteiger partial charge on any atom is 0.323 e. The van der Waals surface area contributed by atoms with Gasteiger partial charge in [0.1, 0.15) is 0 Å². The standard InChI is InChI=1S/C25H20ClN3O2/c26-20-12-7-13-21(16-20)28-25(30)29-22-14-15-23(27-17-22)31-24(18-8-3-1-4-9-18)19-10-5-2-6-11-19/h1-17,24H,(H2,28,29,30). The van der Waals surface area contributed by atoms with Gasteiger partial charge in [-0.1, -0.05) is 78.3 Å². The molecule has 0 saturated carbocycles. The monoisotopic (exact) mass is 429 g/mol. The van der Waals surface area contributed by atoms with Crippen molar-refractivity contribution in [3.05, 3.63) is 119 Å². The van der Waals surface area contributed by atoms with Crippen LogP contribution in [-0.4, -0.2) is 11.0 Å². The summed E-state index contributed by atoms with van der Waals surface area (Å²) in [6.45, 7) is 0. The molecule has 0 saturated heterocycles. The molecule has 1 aromatic heterocycles. The van der Waals surface area contributed by atoms with Crippen molar-refractivity contribution in [3.63, 3.8) is 0 Å². The van der Waals surface area contributed by atoms with Crippen LogP contribution in [0.1, 0.15) is 17.2 Å². The molecule has 0 bridgehead atoms. The molecule has 154 valence electrons. The van der Waals surface area contributed by atoms with Crippen molar-refractivity contribution in [1.82, 2.24) is 4.98 Å². The molecular formula is C25H20ClN3O2. The molecule has 4 aromatic rings. The Morgan fingerprint density at radius 1 is 0.774 bits per heavy atom. The number of aromatic nitrogens is 1. The Morgan fingerprint density at radius 2 is 1.42 bits per heavy atom. The zero-order valence-corrected chi connectivity index (χ0v) is 17.3. The molecular weight excluding hydrogens is 410 g/mol. The molecule has 2 amide bonds. The first-order chi connectivity index (χ1) is 15.2. The highest BCUT2D eigenvalue weighted by atomic mass is 35.5. The molecule has 2 N–H and O–H groups in total. The van der Waals surface area contributed by atoms with E-state index in [0.717, 1.165) is 11.1 Å². The van der Waals surface area contributed by atoms with Crippen LogP contribution in [0.5, 0.6) is 5.88 Å². The highest BCUT2D eigenvalue weighted by Gasteiger charge is 2.16. The summed E-state index contributed by atoms with van der Waals surface area (Å²) in [6.07, 6.45) is 1.26. The van der Waals surface area contributed by atoms with Crippen LogP contribution in [0.25, 0.3) is 0 Å². The molecule has 31 heavy (non-hydrogen) atoms. The summed E-state index contributed by atoms with van der Waals surface area (Å²) < 4.78 is 6.20. The molecule has 5 nitrogen and oxygen atoms in total. The summed E-state index contributed by atoms with van der Waals surface area (Å²) in [5.74, 6) is 0.457. The number of hydrogen-bond acceptors (Lipinski definition) is 3. The van der Waals surface area contributed by atoms with Gasteiger partial charge in [0.2, 0.25) is 5.88 Å². The minimum absolute atomic E-state index is 0.292. The highest BCUT2D eigenvalue weighted by Crippen LogP contribution is 2.27. The molecule has 4 rings (SSSR count). The number of nitrogens with one attached hydrogen (secondary N) is 2. The Balaban J connectivity index is 1.45. The van der Waals surface area contributed by atoms with Gasteiger partial charge in [0.05, 0.1) is 11.9 Å². The van der Waals surface area contributed by atoms with Crippen LogP contribution in [0.4, 0.5) is 16.2 Å². The van der Waals surface area contributed by atoms with Crippen LogP contribution >= 0.6 is 11.6 Å². The summed E-state index contributed by atoms with van der Waals surface area (Å²) in [5.41, 5.74) is 3.20. The fraction of sp³-hybridized carbons (Fsp3) is 0.0400. The molecule has 0 atom stereocenters. The average molecular weight is 430 g/mol. The molecule has 1 heterocycles. The lowest BCUT2D eigenvalue weighted by Gasteiger charge is -2.19. The predicted octanol–water partition coefficient (Wildman–Crippen LogP) is 6.55. The average Bonchev–Trinajstić information content (AvgIpc) is 2.80. The molecule has 0 aliphatic heterocycles. The van der Waals surface area contributed by atoms with Crippen LogP contribution in [0.3, 0.4) is 0 Å². The van der Waals surface area contributed by atoms with E-state index in [0.29, 0.717) is 22.3 Å². The van der Waals surface area contributed by atoms with E-state index in [1.54, 1.807) is 42.6 Å². The van der Waals surface area contributed by atoms with E-state index in [1.165, 1.54) is 0 Å². The third kappa shape index (κ3) is 5.62. The number of benzene rings is 3. The van der Waals surface area contributed by atoms with Crippen LogP contribution in [0.15, 0.2) is 103 Å². The van der Waals surface area contributed by atoms with E-state index in [4.69, 9.17) is 16.3 Å². The van der Waals surface area contributed by atoms with Crippen molar-refractivity contribution in [2.45, 2.75) is 6.10 Å². The normalized spacial score (nSPS) is 10.5. The smallest absolute Gasteiger partial charge is 0.323 e. The maximum absolute atomic E-state index is 12.2. The minimum Gasteiger partial charge on any atom is -0.465 e. The topological polar surface area (TPSA) is 63.2 Å². The largest absolute Gasteiger partial charge is 0.465 e. The summed E-state index contributed by atoms with van der Waals surface area (Å²) in [6, 6.07) is 30.0. The Kier molecular flexibility index (Phi) is 6.45. The number of halogens is 1. The second-order valence-electron chi connectivity index (χ2n) is 6.79. The van der Waals surface area contributed by atoms with E-state index in [9.17, 15) is 4.79 Å². The van der Waals surface area contributed by atoms with Gasteiger partial charge < -0.3 is 15.4 Å². The fourth-order valence-corrected chi connectivity index (χ4v) is 3.28. The van der Waals surface area contributed by atoms with E-state index < -0.39 is 0 Å². The van der Waals surface area contributed by atoms with Crippen molar-refractivity contribution < 1.29 is 9.53 Å². The summed E-state index contributed by atoms with van der Waals surface area (Å²) in [5, 5.41) is 6.02. The Labute approximate surface area is 185 Å². The van der Waals surface area contributed by atoms with Crippen LogP contribution in [0.2, 0.25) is 5.02 Å². The number of rotatable bonds is 6. The molecule has 0 fully saturated rings. The SMILES string of the molecule is O=C(Nc1ccc(OC(c2ccccc2)c2ccccc2)nc1)Nc1cccc(Cl)c1. The summed E-state index contributed by atoms with van der Waals surface area (Å²) in [7, 11) is 0. The predicted molar refractivity (Wildman–Crippen MR) is 124 cm³/mol. The number of carbonyl (C=O) groups excluding carboxylic acids is 1. The van der Waals surface area contributed by atoms with E-state index in [2.05, 4.69) is 15.6 Å². The van der Waals surface area contributed by atoms with Crippen molar-refractivity contribution in [2.24, 2.45) is 0 Å². The first-order valence-electron chi connectivity index (χ1n) is 9.73. The van der Waals surface area contributed by atoms with Gasteiger partial charge >= 0.3 is 6.03 Å². The number of nitrogens with zero attached hydrogens (tertiary/aromatic N) is 1. The molecule has 0 unspecified atom stereocenters. The zero-order valence-electron chi connectivity index (χ0n) is 16.5. The van der Waals surface area contributed by atoms with Crippen LogP contribution in [-0.2, 0) is 0 Å². The minimum atomic E-state index is -0.385. The van der Waals surface area contributed by atoms with Crippen molar-refractivity contribution in [1.29, 1.82) is 0 Å². The number of hydrogen-bond donors (Lipinski definition) is 2. The molecule has 0 radical (unpaired) electrons. The van der Waals surface area contributed by atoms with Gasteiger partial charge in [0, 0.05) is 16.8 Å². The molecule has 6 heteroatoms. The van der Waals surface area contributed by atoms with Gasteiger partial charge in [-0.05, 0) is 35.4 Å². The second-order valence-corrected chi connectivity index (χ2v) is 7.23. The van der Waals surface area contributed by atoms with Crippen molar-refractivity contribution >= 4 is 29.0 Å². The first-order valence-corrected chi connectivity index (χ1v) is 10.1. The number of urea groups is 1. The van der Waals surface area contributed by atoms with Crippen molar-refractivity contribution in [3.8, 4) is 5.88 Å². The third-order valence-electron chi connectivity index (χ3n) is 4.52. The van der Waals surface area contributed by atoms with Gasteiger partial charge in [-0.3, -0.25) is 0 Å². The fourth-order valence-electron chi connectivity index (χ4n) is 3.09. The zero-order chi connectivity index (χ0) is 21.5. The number of anilines is 2. The molecule has 0 spiro atoms. The lowest BCUT2D eigenvalue weighted by Crippen LogP contribution is -2.19. The van der Waals surface area contributed by atoms with E-state index in [-0.39, 0.29) is 12.1 Å². The van der Waals surface area contributed by atoms with Gasteiger partial charge in [-0.15, -0.1) is 0 Å². The van der Waals surface area contributed by atoms with Gasteiger partial charge in [-0.2, -0.15) is 0 Å². The lowest BCUT2D eigenvalue weighted by atomic mass is 10.0. The number of pyridine rings is 1.